The molecule has 0 aliphatic heterocycles. The lowest BCUT2D eigenvalue weighted by Crippen LogP contribution is -2.34. The van der Waals surface area contributed by atoms with Gasteiger partial charge in [-0.05, 0) is 31.9 Å². The number of hydrogen-bond donors (Lipinski definition) is 2. The van der Waals surface area contributed by atoms with Gasteiger partial charge in [-0.25, -0.2) is 0 Å². The quantitative estimate of drug-likeness (QED) is 0.544. The molecule has 0 aliphatic rings. The van der Waals surface area contributed by atoms with Crippen molar-refractivity contribution in [2.24, 2.45) is 0 Å². The molecule has 0 radical (unpaired) electrons. The van der Waals surface area contributed by atoms with Crippen LogP contribution in [0.25, 0.3) is 0 Å². The minimum atomic E-state index is -1.66. The van der Waals surface area contributed by atoms with Gasteiger partial charge in [0.05, 0.1) is 0 Å². The molecule has 1 atom stereocenters. The average molecular weight is 373 g/mol. The molecule has 0 bridgehead atoms. The Morgan fingerprint density at radius 3 is 2.44 bits per heavy atom. The Kier molecular flexibility index (Phi) is 6.39. The lowest BCUT2D eigenvalue weighted by Gasteiger charge is -2.25. The van der Waals surface area contributed by atoms with E-state index < -0.39 is 29.0 Å². The van der Waals surface area contributed by atoms with Gasteiger partial charge in [-0.15, -0.1) is 0 Å². The maximum Gasteiger partial charge on any atom is 0.325 e. The number of carboxylic acids is 1. The van der Waals surface area contributed by atoms with E-state index in [1.54, 1.807) is 13.8 Å². The van der Waals surface area contributed by atoms with Crippen molar-refractivity contribution in [3.8, 4) is 5.75 Å². The zero-order valence-corrected chi connectivity index (χ0v) is 15.5. The lowest BCUT2D eigenvalue weighted by molar-refractivity contribution is -0.163. The zero-order chi connectivity index (χ0) is 20.0. The fourth-order valence-electron chi connectivity index (χ4n) is 2.35. The molecule has 1 aromatic heterocycles. The van der Waals surface area contributed by atoms with E-state index in [4.69, 9.17) is 9.47 Å². The first-order chi connectivity index (χ1) is 12.7. The topological polar surface area (TPSA) is 106 Å². The number of carbonyl (C=O) groups excluding carboxylic acids is 1. The molecule has 0 spiro atoms. The first-order valence-corrected chi connectivity index (χ1v) is 8.59. The van der Waals surface area contributed by atoms with E-state index in [0.717, 1.165) is 5.56 Å². The third-order valence-electron chi connectivity index (χ3n) is 4.19. The van der Waals surface area contributed by atoms with Gasteiger partial charge in [-0.3, -0.25) is 14.4 Å². The maximum absolute atomic E-state index is 12.5. The van der Waals surface area contributed by atoms with Gasteiger partial charge in [-0.2, -0.15) is 0 Å². The summed E-state index contributed by atoms with van der Waals surface area (Å²) in [7, 11) is 0. The molecule has 0 saturated carbocycles. The van der Waals surface area contributed by atoms with Crippen LogP contribution in [0, 0.1) is 0 Å². The van der Waals surface area contributed by atoms with Crippen molar-refractivity contribution in [3.05, 3.63) is 64.1 Å². The summed E-state index contributed by atoms with van der Waals surface area (Å²) in [6.07, 6.45) is 1.79. The zero-order valence-electron chi connectivity index (χ0n) is 15.5. The highest BCUT2D eigenvalue weighted by atomic mass is 16.6. The minimum absolute atomic E-state index is 0.0425. The monoisotopic (exact) mass is 373 g/mol. The molecule has 0 aliphatic carbocycles. The maximum atomic E-state index is 12.5. The minimum Gasteiger partial charge on any atom is -0.483 e. The molecule has 2 aromatic rings. The van der Waals surface area contributed by atoms with Gasteiger partial charge in [0, 0.05) is 11.8 Å². The number of ether oxygens (including phenoxy) is 2. The third kappa shape index (κ3) is 5.20. The smallest absolute Gasteiger partial charge is 0.325 e. The number of pyridine rings is 1. The van der Waals surface area contributed by atoms with Gasteiger partial charge in [0.2, 0.25) is 0 Å². The van der Waals surface area contributed by atoms with Crippen molar-refractivity contribution in [3.63, 3.8) is 0 Å². The molecule has 1 unspecified atom stereocenters. The van der Waals surface area contributed by atoms with Gasteiger partial charge in [0.15, 0.2) is 11.7 Å². The summed E-state index contributed by atoms with van der Waals surface area (Å²) in [5.41, 5.74) is -0.679. The fraction of sp³-hybridized carbons (Fsp3) is 0.350. The van der Waals surface area contributed by atoms with E-state index in [1.165, 1.54) is 12.3 Å². The Labute approximate surface area is 156 Å². The molecule has 144 valence electrons. The number of nitrogens with one attached hydrogen (secondary N) is 1. The van der Waals surface area contributed by atoms with Crippen LogP contribution < -0.4 is 10.3 Å². The molecule has 2 rings (SSSR count). The normalized spacial score (nSPS) is 12.3. The van der Waals surface area contributed by atoms with Crippen LogP contribution >= 0.6 is 0 Å². The average Bonchev–Trinajstić information content (AvgIpc) is 2.61. The molecular weight excluding hydrogens is 350 g/mol. The third-order valence-corrected chi connectivity index (χ3v) is 4.19. The van der Waals surface area contributed by atoms with Gasteiger partial charge >= 0.3 is 11.9 Å². The van der Waals surface area contributed by atoms with Crippen LogP contribution in [0.4, 0.5) is 0 Å². The number of hydrogen-bond acceptors (Lipinski definition) is 5. The number of benzene rings is 1. The Balaban J connectivity index is 2.36. The van der Waals surface area contributed by atoms with Gasteiger partial charge in [-0.1, -0.05) is 37.3 Å². The van der Waals surface area contributed by atoms with E-state index >= 15 is 0 Å². The molecule has 7 heteroatoms. The fourth-order valence-corrected chi connectivity index (χ4v) is 2.35. The Morgan fingerprint density at radius 1 is 1.19 bits per heavy atom. The van der Waals surface area contributed by atoms with Crippen molar-refractivity contribution in [1.82, 2.24) is 4.98 Å². The second-order valence-electron chi connectivity index (χ2n) is 6.67. The molecule has 0 amide bonds. The highest BCUT2D eigenvalue weighted by Crippen LogP contribution is 2.28. The van der Waals surface area contributed by atoms with E-state index in [1.807, 2.05) is 37.3 Å². The highest BCUT2D eigenvalue weighted by molar-refractivity contribution is 6.00. The first-order valence-electron chi connectivity index (χ1n) is 8.59. The Bertz CT molecular complexity index is 856. The molecular formula is C20H23NO6. The molecule has 2 N–H and O–H groups in total. The molecule has 27 heavy (non-hydrogen) atoms. The summed E-state index contributed by atoms with van der Waals surface area (Å²) in [6.45, 7) is 5.26. The highest BCUT2D eigenvalue weighted by Gasteiger charge is 2.36. The summed E-state index contributed by atoms with van der Waals surface area (Å²) in [5, 5.41) is 9.60. The number of carbonyl (C=O) groups is 2. The van der Waals surface area contributed by atoms with Gasteiger partial charge < -0.3 is 19.6 Å². The van der Waals surface area contributed by atoms with Crippen LogP contribution in [-0.4, -0.2) is 27.6 Å². The van der Waals surface area contributed by atoms with Crippen LogP contribution in [0.15, 0.2) is 47.4 Å². The largest absolute Gasteiger partial charge is 0.483 e. The predicted molar refractivity (Wildman–Crippen MR) is 98.7 cm³/mol. The Hall–Kier alpha value is -3.09. The number of esters is 1. The van der Waals surface area contributed by atoms with E-state index in [-0.39, 0.29) is 17.9 Å². The Morgan fingerprint density at radius 2 is 1.85 bits per heavy atom. The number of aromatic nitrogens is 1. The summed E-state index contributed by atoms with van der Waals surface area (Å²) in [4.78, 5) is 39.0. The summed E-state index contributed by atoms with van der Waals surface area (Å²) >= 11 is 0. The van der Waals surface area contributed by atoms with Crippen molar-refractivity contribution >= 4 is 11.9 Å². The van der Waals surface area contributed by atoms with Crippen molar-refractivity contribution < 1.29 is 24.2 Å². The molecule has 0 saturated heterocycles. The van der Waals surface area contributed by atoms with E-state index in [2.05, 4.69) is 4.98 Å². The molecule has 7 nitrogen and oxygen atoms in total. The summed E-state index contributed by atoms with van der Waals surface area (Å²) in [6, 6.07) is 10.4. The number of rotatable bonds is 8. The van der Waals surface area contributed by atoms with Crippen LogP contribution in [0.1, 0.15) is 44.2 Å². The molecule has 1 heterocycles. The van der Waals surface area contributed by atoms with Gasteiger partial charge in [0.1, 0.15) is 12.2 Å². The van der Waals surface area contributed by atoms with Crippen LogP contribution in [0.3, 0.4) is 0 Å². The van der Waals surface area contributed by atoms with Crippen molar-refractivity contribution in [2.45, 2.75) is 45.3 Å². The predicted octanol–water partition coefficient (Wildman–Crippen LogP) is 2.85. The summed E-state index contributed by atoms with van der Waals surface area (Å²) in [5.74, 6) is -4.23. The second kappa shape index (κ2) is 8.53. The van der Waals surface area contributed by atoms with Crippen molar-refractivity contribution in [2.75, 3.05) is 0 Å². The SMILES string of the molecule is CCC(C)(C)OC(=O)C(C(=O)O)c1cc[nH]c(=O)c1OCc1ccccc1. The van der Waals surface area contributed by atoms with Crippen LogP contribution in [0.2, 0.25) is 0 Å². The molecule has 1 aromatic carbocycles. The second-order valence-corrected chi connectivity index (χ2v) is 6.67. The van der Waals surface area contributed by atoms with E-state index in [9.17, 15) is 19.5 Å². The number of carboxylic acid groups (broad SMARTS) is 1. The summed E-state index contributed by atoms with van der Waals surface area (Å²) < 4.78 is 10.9. The van der Waals surface area contributed by atoms with Crippen molar-refractivity contribution in [1.29, 1.82) is 0 Å². The van der Waals surface area contributed by atoms with E-state index in [0.29, 0.717) is 6.42 Å². The van der Waals surface area contributed by atoms with Gasteiger partial charge in [0.25, 0.3) is 5.56 Å². The lowest BCUT2D eigenvalue weighted by atomic mass is 9.98. The standard InChI is InChI=1S/C20H23NO6/c1-4-20(2,3)27-19(25)15(18(23)24)14-10-11-21-17(22)16(14)26-12-13-8-6-5-7-9-13/h5-11,15H,4,12H2,1-3H3,(H,21,22)(H,23,24). The van der Waals surface area contributed by atoms with Crippen LogP contribution in [0.5, 0.6) is 5.75 Å². The first kappa shape index (κ1) is 20.2. The number of aromatic amines is 1. The number of H-pyrrole nitrogens is 1. The molecule has 0 fully saturated rings. The van der Waals surface area contributed by atoms with Crippen LogP contribution in [-0.2, 0) is 20.9 Å². The number of aliphatic carboxylic acids is 1.